The third-order valence-electron chi connectivity index (χ3n) is 21.7. The Morgan fingerprint density at radius 2 is 0.473 bits per heavy atom. The molecule has 2 saturated heterocycles. The quantitative estimate of drug-likeness (QED) is 0.0898. The first-order valence-electron chi connectivity index (χ1n) is 50.4. The first kappa shape index (κ1) is 133. The number of hydrogen-bond donors (Lipinski definition) is 22. The van der Waals surface area contributed by atoms with E-state index >= 15 is 0 Å². The van der Waals surface area contributed by atoms with Crippen molar-refractivity contribution in [2.24, 2.45) is 166 Å². The molecule has 30 N–H and O–H groups in total. The van der Waals surface area contributed by atoms with Gasteiger partial charge in [0.1, 0.15) is 74.0 Å². The molecular weight excluding hydrogens is 1920 g/mol. The Balaban J connectivity index is 0.000000819. The van der Waals surface area contributed by atoms with Crippen LogP contribution in [0.15, 0.2) is 120 Å². The van der Waals surface area contributed by atoms with Gasteiger partial charge in [-0.3, -0.25) is 101 Å². The van der Waals surface area contributed by atoms with Gasteiger partial charge in [0.2, 0.25) is 71.5 Å². The Morgan fingerprint density at radius 1 is 0.207 bits per heavy atom. The number of guanidine groups is 24. The molecule has 0 bridgehead atoms. The van der Waals surface area contributed by atoms with E-state index in [1.807, 2.05) is 243 Å². The summed E-state index contributed by atoms with van der Waals surface area (Å²) < 4.78 is 0. The smallest absolute Gasteiger partial charge is 0.204 e. The van der Waals surface area contributed by atoms with Gasteiger partial charge in [0.05, 0.1) is 0 Å². The van der Waals surface area contributed by atoms with Gasteiger partial charge in [-0.25, -0.2) is 79.9 Å². The van der Waals surface area contributed by atoms with E-state index in [2.05, 4.69) is 236 Å². The maximum Gasteiger partial charge on any atom is 0.204 e. The van der Waals surface area contributed by atoms with Crippen LogP contribution in [0.25, 0.3) is 0 Å². The van der Waals surface area contributed by atoms with Crippen molar-refractivity contribution < 1.29 is 0 Å². The Bertz CT molecular complexity index is 4720. The molecular formula is C90H192N60. The van der Waals surface area contributed by atoms with Gasteiger partial charge < -0.3 is 128 Å². The molecule has 6 unspecified atom stereocenters. The fraction of sp³-hybridized carbons (Fsp3) is 0.733. The number of hydrogen-bond acceptors (Lipinski definition) is 46. The molecule has 0 amide bonds. The molecule has 0 saturated carbocycles. The minimum atomic E-state index is -0.0961. The molecule has 12 heterocycles. The van der Waals surface area contributed by atoms with Gasteiger partial charge in [0.25, 0.3) is 0 Å². The second-order valence-electron chi connectivity index (χ2n) is 35.4. The maximum atomic E-state index is 5.74. The molecule has 0 aromatic carbocycles. The first-order chi connectivity index (χ1) is 70.8. The van der Waals surface area contributed by atoms with Crippen LogP contribution in [0.4, 0.5) is 0 Å². The topological polar surface area (TPSA) is 719 Å². The van der Waals surface area contributed by atoms with Crippen LogP contribution in [0.3, 0.4) is 0 Å². The zero-order valence-electron chi connectivity index (χ0n) is 98.0. The van der Waals surface area contributed by atoms with Crippen LogP contribution >= 0.6 is 0 Å². The number of aliphatic imine (C=N–C) groups is 24. The molecule has 6 atom stereocenters. The van der Waals surface area contributed by atoms with Crippen molar-refractivity contribution >= 4 is 143 Å². The third kappa shape index (κ3) is 45.7. The SMILES string of the molecule is CCC1N=C(N(C)C)N(C)C(=NC)N1.CCC1N=C(N(C)C)N(C)C(N(C)C)=N1.CCC1N=C(N(C)C)NC(=NC)N1.CCC1N=C(N(C)C)NC(N(C)C)=N1.CCC1N=C(N)N(C)C(=NC)N1.CCC1N=C(N)N(C)C(N(C)C)=N1.CCC1N=C(N)N(C)C(N)=N1.CCC1N=C(N)NC(=NC)N1.CCC1N=C(N)NC(N(C)C)=N1.CCC1N=C(N)NC(N)=N1.CCC1NC(=NC)N(C)C(=NC)N1.CCC1NC(=NC)NC(=NC)N1. The molecule has 0 aromatic rings. The summed E-state index contributed by atoms with van der Waals surface area (Å²) in [4.78, 5) is 128. The van der Waals surface area contributed by atoms with Crippen molar-refractivity contribution in [3.63, 3.8) is 0 Å². The van der Waals surface area contributed by atoms with Gasteiger partial charge >= 0.3 is 0 Å². The second kappa shape index (κ2) is 69.2. The van der Waals surface area contributed by atoms with Crippen molar-refractivity contribution in [3.05, 3.63) is 0 Å². The lowest BCUT2D eigenvalue weighted by atomic mass is 10.3. The number of nitrogens with one attached hydrogen (secondary N) is 14. The highest BCUT2D eigenvalue weighted by atomic mass is 15.5. The number of nitrogens with zero attached hydrogens (tertiary/aromatic N) is 38. The summed E-state index contributed by atoms with van der Waals surface area (Å²) in [6.07, 6.45) is 11.7. The summed E-state index contributed by atoms with van der Waals surface area (Å²) in [6.45, 7) is 24.7. The fourth-order valence-corrected chi connectivity index (χ4v) is 13.0. The van der Waals surface area contributed by atoms with Crippen LogP contribution in [0.5, 0.6) is 0 Å². The molecule has 60 nitrogen and oxygen atoms in total. The minimum Gasteiger partial charge on any atom is -0.370 e. The van der Waals surface area contributed by atoms with E-state index in [0.717, 1.165) is 166 Å². The second-order valence-corrected chi connectivity index (χ2v) is 35.4. The Labute approximate surface area is 893 Å². The van der Waals surface area contributed by atoms with Crippen molar-refractivity contribution in [3.8, 4) is 0 Å². The molecule has 0 spiro atoms. The summed E-state index contributed by atoms with van der Waals surface area (Å²) >= 11 is 0. The Morgan fingerprint density at radius 3 is 0.833 bits per heavy atom. The molecule has 0 aromatic heterocycles. The van der Waals surface area contributed by atoms with E-state index in [0.29, 0.717) is 53.6 Å². The largest absolute Gasteiger partial charge is 0.370 e. The lowest BCUT2D eigenvalue weighted by Gasteiger charge is -2.35. The van der Waals surface area contributed by atoms with Gasteiger partial charge in [0.15, 0.2) is 71.5 Å². The monoisotopic (exact) mass is 2110 g/mol. The molecule has 2 fully saturated rings. The van der Waals surface area contributed by atoms with Gasteiger partial charge in [0, 0.05) is 211 Å². The highest BCUT2D eigenvalue weighted by Crippen LogP contribution is 2.16. The van der Waals surface area contributed by atoms with Crippen LogP contribution in [-0.4, -0.2) is 497 Å². The average Bonchev–Trinajstić information content (AvgIpc) is 0.804. The van der Waals surface area contributed by atoms with Crippen LogP contribution in [0, 0.1) is 0 Å². The Hall–Kier alpha value is -15.1. The van der Waals surface area contributed by atoms with Gasteiger partial charge in [-0.2, -0.15) is 0 Å². The summed E-state index contributed by atoms with van der Waals surface area (Å²) in [5.41, 5.74) is 44.3. The molecule has 852 valence electrons. The Kier molecular flexibility index (Phi) is 61.3. The standard InChI is InChI=1S/C10H21N5.2C9H19N5.3C8H17N5.3C7H15N5.2C6H13N5.C5H11N5/c1-7-8-11-9(13(2)3)15(6)10(12-8)14(4)5;1-6-7-10-8(13(2)3)12-9(11-7)14(4)5;1-6-7-11-8(10-2)14(5)9(12-7)13(3)4;1-5-6-10-7(9)13(4)8(11-6)12(2)3;1-5-6-10-7(9-2)12-8(11-6)13(3)4;1-5-6-11-7(9-2)13(4)8(10-3)12-6;1-4-5-9-6(8)11-7(10-5)12(2)3;1-4-5-10-6(8)12(3)7(9-2)11-5;1-4-5-10-6(8-2)12-7(9-3)11-5;1-3-4-9-5(7)11(2)6(8)10-4;1-3-4-9-5(7)11-6(8-2)10-4;1-2-3-8-4(6)10-5(7)9-3/h8H,7H2,1-6H3;7H,6H2,1-5H3,(H,10,11,12);7H,6H2,1-5H3,(H,10,11);6H,5H2,1-4H3,(H2,9,10);6H,5H2,1-4H3,(H2,9,10,11,12);6H,5H2,1-4H3,(H,9,11)(H,10,12);5H,4H2,1-3H3,(H3,8,9,10,11);5H,4H2,1-3H3,(H2,8,10)(H,9,11);5H,4H2,1-3H3,(H3,8,9,10,11,12);4H,3H2,1-2H3,(H2,7,9)(H2,8,10);4H,3H2,1-2H3,(H4,7,8,9,10,11);3H,2H2,1H3,(H5,6,7,8,9,10). The van der Waals surface area contributed by atoms with Crippen LogP contribution in [0.2, 0.25) is 0 Å². The first-order valence-corrected chi connectivity index (χ1v) is 50.4. The fourth-order valence-electron chi connectivity index (χ4n) is 13.0. The van der Waals surface area contributed by atoms with E-state index in [1.54, 1.807) is 78.1 Å². The van der Waals surface area contributed by atoms with Gasteiger partial charge in [-0.1, -0.05) is 83.1 Å². The number of nitrogens with two attached hydrogens (primary N) is 8. The van der Waals surface area contributed by atoms with E-state index in [9.17, 15) is 0 Å². The third-order valence-corrected chi connectivity index (χ3v) is 21.7. The summed E-state index contributed by atoms with van der Waals surface area (Å²) in [5.74, 6) is 16.9. The maximum absolute atomic E-state index is 5.74. The predicted octanol–water partition coefficient (Wildman–Crippen LogP) is -3.58. The van der Waals surface area contributed by atoms with E-state index in [1.165, 1.54) is 0 Å². The normalized spacial score (nSPS) is 23.2. The average molecular weight is 2110 g/mol. The van der Waals surface area contributed by atoms with Gasteiger partial charge in [-0.05, 0) is 77.0 Å². The highest BCUT2D eigenvalue weighted by molar-refractivity contribution is 6.06. The zero-order chi connectivity index (χ0) is 114. The predicted molar refractivity (Wildman–Crippen MR) is 628 cm³/mol. The molecule has 12 aliphatic rings. The molecule has 150 heavy (non-hydrogen) atoms. The molecule has 0 aliphatic carbocycles. The van der Waals surface area contributed by atoms with Crippen molar-refractivity contribution in [2.75, 3.05) is 211 Å². The summed E-state index contributed by atoms with van der Waals surface area (Å²) in [5, 5.41) is 43.0. The summed E-state index contributed by atoms with van der Waals surface area (Å²) in [6, 6.07) is 0. The highest BCUT2D eigenvalue weighted by Gasteiger charge is 2.30. The minimum absolute atomic E-state index is 0.0198. The van der Waals surface area contributed by atoms with Crippen molar-refractivity contribution in [2.45, 2.75) is 234 Å². The van der Waals surface area contributed by atoms with Crippen LogP contribution in [0.1, 0.15) is 160 Å². The lowest BCUT2D eigenvalue weighted by molar-refractivity contribution is 0.440. The lowest BCUT2D eigenvalue weighted by Crippen LogP contribution is -2.63. The zero-order valence-corrected chi connectivity index (χ0v) is 98.0. The van der Waals surface area contributed by atoms with Crippen molar-refractivity contribution in [1.29, 1.82) is 0 Å². The summed E-state index contributed by atoms with van der Waals surface area (Å²) in [7, 11) is 56.8. The van der Waals surface area contributed by atoms with Gasteiger partial charge in [-0.15, -0.1) is 0 Å². The van der Waals surface area contributed by atoms with E-state index in [-0.39, 0.29) is 74.0 Å². The molecule has 12 rings (SSSR count). The van der Waals surface area contributed by atoms with E-state index in [4.69, 9.17) is 45.9 Å². The van der Waals surface area contributed by atoms with Crippen LogP contribution in [-0.2, 0) is 0 Å². The van der Waals surface area contributed by atoms with Crippen LogP contribution < -0.4 is 120 Å². The van der Waals surface area contributed by atoms with E-state index < -0.39 is 0 Å². The number of rotatable bonds is 12. The molecule has 60 heteroatoms. The van der Waals surface area contributed by atoms with Crippen molar-refractivity contribution in [1.82, 2.24) is 143 Å². The molecule has 12 aliphatic heterocycles. The molecule has 0 radical (unpaired) electrons.